The summed E-state index contributed by atoms with van der Waals surface area (Å²) in [5.74, 6) is -1.71. The van der Waals surface area contributed by atoms with Gasteiger partial charge in [0.1, 0.15) is 6.26 Å². The van der Waals surface area contributed by atoms with Gasteiger partial charge in [0.05, 0.1) is 34.7 Å². The van der Waals surface area contributed by atoms with Crippen LogP contribution in [0, 0.1) is 11.3 Å². The summed E-state index contributed by atoms with van der Waals surface area (Å²) < 4.78 is 4.77. The molecular formula is C13H8N2O4. The van der Waals surface area contributed by atoms with Crippen molar-refractivity contribution in [3.63, 3.8) is 0 Å². The van der Waals surface area contributed by atoms with Crippen molar-refractivity contribution < 1.29 is 19.1 Å². The number of carbonyl (C=O) groups excluding carboxylic acids is 1. The van der Waals surface area contributed by atoms with E-state index in [-0.39, 0.29) is 22.4 Å². The van der Waals surface area contributed by atoms with Gasteiger partial charge in [0.2, 0.25) is 0 Å². The standard InChI is InChI=1S/C13H8N2O4/c14-6-8-1-2-11(10(5-8)13(17)18)15-12(16)9-3-4-19-7-9/h1-5,7H,(H,15,16)(H,17,18). The van der Waals surface area contributed by atoms with Crippen LogP contribution >= 0.6 is 0 Å². The Kier molecular flexibility index (Phi) is 3.30. The highest BCUT2D eigenvalue weighted by Gasteiger charge is 2.14. The van der Waals surface area contributed by atoms with Gasteiger partial charge in [-0.1, -0.05) is 0 Å². The summed E-state index contributed by atoms with van der Waals surface area (Å²) in [5, 5.41) is 20.2. The number of carboxylic acid groups (broad SMARTS) is 1. The molecule has 1 aromatic carbocycles. The summed E-state index contributed by atoms with van der Waals surface area (Å²) in [5.41, 5.74) is 0.466. The molecule has 94 valence electrons. The Morgan fingerprint density at radius 1 is 1.32 bits per heavy atom. The average molecular weight is 256 g/mol. The molecule has 0 aliphatic rings. The first kappa shape index (κ1) is 12.4. The quantitative estimate of drug-likeness (QED) is 0.875. The van der Waals surface area contributed by atoms with Crippen LogP contribution in [0.25, 0.3) is 0 Å². The molecular weight excluding hydrogens is 248 g/mol. The van der Waals surface area contributed by atoms with E-state index in [0.29, 0.717) is 0 Å². The first-order chi connectivity index (χ1) is 9.11. The molecule has 0 fully saturated rings. The molecule has 0 saturated carbocycles. The van der Waals surface area contributed by atoms with Crippen molar-refractivity contribution >= 4 is 17.6 Å². The molecule has 19 heavy (non-hydrogen) atoms. The normalized spacial score (nSPS) is 9.63. The van der Waals surface area contributed by atoms with Crippen molar-refractivity contribution in [1.29, 1.82) is 5.26 Å². The lowest BCUT2D eigenvalue weighted by Crippen LogP contribution is -2.14. The van der Waals surface area contributed by atoms with Gasteiger partial charge in [-0.05, 0) is 24.3 Å². The minimum Gasteiger partial charge on any atom is -0.478 e. The number of benzene rings is 1. The lowest BCUT2D eigenvalue weighted by Gasteiger charge is -2.07. The lowest BCUT2D eigenvalue weighted by atomic mass is 10.1. The number of nitrogens with one attached hydrogen (secondary N) is 1. The van der Waals surface area contributed by atoms with Crippen molar-refractivity contribution in [1.82, 2.24) is 0 Å². The second kappa shape index (κ2) is 5.06. The maximum atomic E-state index is 11.8. The summed E-state index contributed by atoms with van der Waals surface area (Å²) >= 11 is 0. The highest BCUT2D eigenvalue weighted by atomic mass is 16.4. The number of furan rings is 1. The van der Waals surface area contributed by atoms with Crippen LogP contribution in [0.3, 0.4) is 0 Å². The second-order valence-corrected chi connectivity index (χ2v) is 3.64. The summed E-state index contributed by atoms with van der Waals surface area (Å²) in [4.78, 5) is 22.9. The van der Waals surface area contributed by atoms with Crippen LogP contribution in [-0.4, -0.2) is 17.0 Å². The highest BCUT2D eigenvalue weighted by Crippen LogP contribution is 2.18. The third-order valence-corrected chi connectivity index (χ3v) is 2.41. The Morgan fingerprint density at radius 2 is 2.11 bits per heavy atom. The van der Waals surface area contributed by atoms with E-state index in [4.69, 9.17) is 14.8 Å². The second-order valence-electron chi connectivity index (χ2n) is 3.64. The molecule has 0 spiro atoms. The van der Waals surface area contributed by atoms with E-state index >= 15 is 0 Å². The maximum Gasteiger partial charge on any atom is 0.337 e. The van der Waals surface area contributed by atoms with Gasteiger partial charge >= 0.3 is 5.97 Å². The van der Waals surface area contributed by atoms with Crippen molar-refractivity contribution in [3.8, 4) is 6.07 Å². The SMILES string of the molecule is N#Cc1ccc(NC(=O)c2ccoc2)c(C(=O)O)c1. The molecule has 2 rings (SSSR count). The first-order valence-electron chi connectivity index (χ1n) is 5.23. The van der Waals surface area contributed by atoms with Crippen LogP contribution < -0.4 is 5.32 Å². The van der Waals surface area contributed by atoms with E-state index in [0.717, 1.165) is 0 Å². The number of anilines is 1. The van der Waals surface area contributed by atoms with E-state index in [9.17, 15) is 9.59 Å². The highest BCUT2D eigenvalue weighted by molar-refractivity contribution is 6.07. The summed E-state index contributed by atoms with van der Waals surface area (Å²) in [7, 11) is 0. The van der Waals surface area contributed by atoms with Crippen LogP contribution in [0.5, 0.6) is 0 Å². The molecule has 6 heteroatoms. The molecule has 0 saturated heterocycles. The van der Waals surface area contributed by atoms with Gasteiger partial charge < -0.3 is 14.8 Å². The fraction of sp³-hybridized carbons (Fsp3) is 0. The van der Waals surface area contributed by atoms with E-state index in [1.165, 1.54) is 36.8 Å². The molecule has 1 aromatic heterocycles. The van der Waals surface area contributed by atoms with Crippen molar-refractivity contribution in [2.45, 2.75) is 0 Å². The Balaban J connectivity index is 2.33. The first-order valence-corrected chi connectivity index (χ1v) is 5.23. The Hall–Kier alpha value is -3.07. The van der Waals surface area contributed by atoms with Gasteiger partial charge in [0.15, 0.2) is 0 Å². The number of amides is 1. The zero-order valence-electron chi connectivity index (χ0n) is 9.58. The molecule has 0 bridgehead atoms. The van der Waals surface area contributed by atoms with Crippen LogP contribution in [-0.2, 0) is 0 Å². The number of hydrogen-bond donors (Lipinski definition) is 2. The molecule has 0 atom stereocenters. The largest absolute Gasteiger partial charge is 0.478 e. The predicted octanol–water partition coefficient (Wildman–Crippen LogP) is 2.10. The minimum atomic E-state index is -1.22. The number of aromatic carboxylic acids is 1. The third-order valence-electron chi connectivity index (χ3n) is 2.41. The molecule has 2 aromatic rings. The zero-order chi connectivity index (χ0) is 13.8. The molecule has 2 N–H and O–H groups in total. The predicted molar refractivity (Wildman–Crippen MR) is 64.8 cm³/mol. The fourth-order valence-corrected chi connectivity index (χ4v) is 1.49. The smallest absolute Gasteiger partial charge is 0.337 e. The number of carboxylic acids is 1. The van der Waals surface area contributed by atoms with E-state index in [2.05, 4.69) is 5.32 Å². The van der Waals surface area contributed by atoms with Gasteiger partial charge in [0.25, 0.3) is 5.91 Å². The average Bonchev–Trinajstić information content (AvgIpc) is 2.92. The van der Waals surface area contributed by atoms with Gasteiger partial charge in [-0.25, -0.2) is 4.79 Å². The molecule has 0 unspecified atom stereocenters. The Morgan fingerprint density at radius 3 is 2.68 bits per heavy atom. The molecule has 0 aliphatic heterocycles. The minimum absolute atomic E-state index is 0.123. The number of hydrogen-bond acceptors (Lipinski definition) is 4. The number of carbonyl (C=O) groups is 2. The molecule has 6 nitrogen and oxygen atoms in total. The number of nitrogens with zero attached hydrogens (tertiary/aromatic N) is 1. The topological polar surface area (TPSA) is 103 Å². The van der Waals surface area contributed by atoms with Crippen LogP contribution in [0.1, 0.15) is 26.3 Å². The monoisotopic (exact) mass is 256 g/mol. The van der Waals surface area contributed by atoms with Gasteiger partial charge in [0, 0.05) is 0 Å². The number of nitriles is 1. The lowest BCUT2D eigenvalue weighted by molar-refractivity contribution is 0.0698. The maximum absolute atomic E-state index is 11.8. The van der Waals surface area contributed by atoms with Gasteiger partial charge in [-0.3, -0.25) is 4.79 Å². The molecule has 0 radical (unpaired) electrons. The molecule has 0 aliphatic carbocycles. The Labute approximate surface area is 107 Å². The molecule has 1 amide bonds. The van der Waals surface area contributed by atoms with Crippen LogP contribution in [0.2, 0.25) is 0 Å². The Bertz CT molecular complexity index is 668. The fourth-order valence-electron chi connectivity index (χ4n) is 1.49. The van der Waals surface area contributed by atoms with Gasteiger partial charge in [-0.15, -0.1) is 0 Å². The zero-order valence-corrected chi connectivity index (χ0v) is 9.58. The van der Waals surface area contributed by atoms with Crippen molar-refractivity contribution in [3.05, 3.63) is 53.5 Å². The molecule has 1 heterocycles. The summed E-state index contributed by atoms with van der Waals surface area (Å²) in [6.45, 7) is 0. The summed E-state index contributed by atoms with van der Waals surface area (Å²) in [6.07, 6.45) is 2.59. The van der Waals surface area contributed by atoms with Crippen molar-refractivity contribution in [2.75, 3.05) is 5.32 Å². The van der Waals surface area contributed by atoms with Crippen LogP contribution in [0.15, 0.2) is 41.2 Å². The summed E-state index contributed by atoms with van der Waals surface area (Å²) in [6, 6.07) is 7.30. The van der Waals surface area contributed by atoms with E-state index < -0.39 is 11.9 Å². The van der Waals surface area contributed by atoms with Crippen molar-refractivity contribution in [2.24, 2.45) is 0 Å². The van der Waals surface area contributed by atoms with E-state index in [1.54, 1.807) is 0 Å². The van der Waals surface area contributed by atoms with E-state index in [1.807, 2.05) is 6.07 Å². The number of rotatable bonds is 3. The van der Waals surface area contributed by atoms with Crippen LogP contribution in [0.4, 0.5) is 5.69 Å². The third kappa shape index (κ3) is 2.61. The van der Waals surface area contributed by atoms with Gasteiger partial charge in [-0.2, -0.15) is 5.26 Å².